The molecule has 52 heavy (non-hydrogen) atoms. The van der Waals surface area contributed by atoms with Gasteiger partial charge in [0.05, 0.1) is 11.2 Å². The van der Waals surface area contributed by atoms with Gasteiger partial charge in [-0.05, 0) is 83.4 Å². The summed E-state index contributed by atoms with van der Waals surface area (Å²) in [4.78, 5) is 5.59. The molecule has 0 radical (unpaired) electrons. The van der Waals surface area contributed by atoms with Crippen LogP contribution in [-0.4, -0.2) is 4.98 Å². The number of benzene rings is 9. The van der Waals surface area contributed by atoms with Crippen LogP contribution in [0.1, 0.15) is 0 Å². The van der Waals surface area contributed by atoms with E-state index >= 15 is 0 Å². The van der Waals surface area contributed by atoms with Crippen molar-refractivity contribution in [3.05, 3.63) is 200 Å². The average molecular weight is 660 g/mol. The fraction of sp³-hybridized carbons (Fsp3) is 0. The van der Waals surface area contributed by atoms with Gasteiger partial charge in [-0.2, -0.15) is 0 Å². The van der Waals surface area contributed by atoms with Gasteiger partial charge < -0.3 is 0 Å². The van der Waals surface area contributed by atoms with Crippen molar-refractivity contribution in [3.8, 4) is 55.8 Å². The monoisotopic (exact) mass is 659 g/mol. The molecule has 0 spiro atoms. The lowest BCUT2D eigenvalue weighted by Gasteiger charge is -2.21. The van der Waals surface area contributed by atoms with Crippen LogP contribution in [0.4, 0.5) is 0 Å². The predicted molar refractivity (Wildman–Crippen MR) is 221 cm³/mol. The van der Waals surface area contributed by atoms with Crippen molar-refractivity contribution in [2.24, 2.45) is 0 Å². The van der Waals surface area contributed by atoms with Gasteiger partial charge in [0.1, 0.15) is 0 Å². The molecule has 1 heterocycles. The number of aromatic nitrogens is 1. The molecule has 0 aliphatic carbocycles. The van der Waals surface area contributed by atoms with Crippen molar-refractivity contribution in [2.45, 2.75) is 0 Å². The second kappa shape index (κ2) is 12.5. The average Bonchev–Trinajstić information content (AvgIpc) is 3.23. The Morgan fingerprint density at radius 2 is 0.731 bits per heavy atom. The van der Waals surface area contributed by atoms with Crippen molar-refractivity contribution in [1.82, 2.24) is 4.98 Å². The number of nitrogens with zero attached hydrogens (tertiary/aromatic N) is 1. The van der Waals surface area contributed by atoms with Crippen LogP contribution in [0, 0.1) is 0 Å². The first-order chi connectivity index (χ1) is 25.8. The summed E-state index contributed by atoms with van der Waals surface area (Å²) in [6, 6.07) is 72.3. The third kappa shape index (κ3) is 4.98. The van der Waals surface area contributed by atoms with Gasteiger partial charge in [-0.1, -0.05) is 188 Å². The van der Waals surface area contributed by atoms with Gasteiger partial charge in [0, 0.05) is 16.5 Å². The summed E-state index contributed by atoms with van der Waals surface area (Å²) >= 11 is 0. The van der Waals surface area contributed by atoms with Crippen molar-refractivity contribution < 1.29 is 0 Å². The Balaban J connectivity index is 1.33. The lowest BCUT2D eigenvalue weighted by molar-refractivity contribution is 1.40. The van der Waals surface area contributed by atoms with Crippen LogP contribution < -0.4 is 0 Å². The maximum Gasteiger partial charge on any atom is 0.0801 e. The third-order valence-corrected chi connectivity index (χ3v) is 10.4. The van der Waals surface area contributed by atoms with Crippen molar-refractivity contribution in [1.29, 1.82) is 0 Å². The SMILES string of the molecule is c1ccc(-c2ccc(-c3c4ccccc4c(-c4cc5ccccc5c5c(-c6ccccc6)cc(-c6ccccc6)nc45)c4ccccc34)cc2)cc1. The Hall–Kier alpha value is -6.83. The Morgan fingerprint density at radius 3 is 1.33 bits per heavy atom. The lowest BCUT2D eigenvalue weighted by Crippen LogP contribution is -1.96. The van der Waals surface area contributed by atoms with Gasteiger partial charge in [-0.15, -0.1) is 0 Å². The molecular formula is C51H33N. The Morgan fingerprint density at radius 1 is 0.288 bits per heavy atom. The molecule has 1 heteroatoms. The van der Waals surface area contributed by atoms with E-state index in [9.17, 15) is 0 Å². The molecular weight excluding hydrogens is 627 g/mol. The standard InChI is InChI=1S/C51H33N/c1-4-16-34(17-5-1)35-28-30-38(31-29-35)48-41-24-12-14-26-43(41)49(44-27-15-13-25-42(44)48)46-32-39-22-10-11-23-40(39)50-45(36-18-6-2-7-19-36)33-47(52-51(46)50)37-20-8-3-9-21-37/h1-33H. The summed E-state index contributed by atoms with van der Waals surface area (Å²) in [7, 11) is 0. The zero-order valence-electron chi connectivity index (χ0n) is 28.5. The molecule has 10 rings (SSSR count). The molecule has 10 aromatic rings. The van der Waals surface area contributed by atoms with E-state index in [4.69, 9.17) is 4.98 Å². The fourth-order valence-electron chi connectivity index (χ4n) is 8.07. The highest BCUT2D eigenvalue weighted by Crippen LogP contribution is 2.48. The molecule has 242 valence electrons. The summed E-state index contributed by atoms with van der Waals surface area (Å²) in [6.07, 6.45) is 0. The molecule has 0 atom stereocenters. The second-order valence-corrected chi connectivity index (χ2v) is 13.4. The predicted octanol–water partition coefficient (Wildman–Crippen LogP) is 14.0. The van der Waals surface area contributed by atoms with Crippen LogP contribution in [0.3, 0.4) is 0 Å². The van der Waals surface area contributed by atoms with Crippen LogP contribution in [-0.2, 0) is 0 Å². The second-order valence-electron chi connectivity index (χ2n) is 13.4. The zero-order chi connectivity index (χ0) is 34.4. The number of fused-ring (bicyclic) bond motifs is 5. The van der Waals surface area contributed by atoms with Gasteiger partial charge >= 0.3 is 0 Å². The molecule has 1 aromatic heterocycles. The Labute approximate surface area is 303 Å². The third-order valence-electron chi connectivity index (χ3n) is 10.4. The molecule has 0 saturated carbocycles. The number of rotatable bonds is 5. The maximum absolute atomic E-state index is 5.59. The molecule has 0 saturated heterocycles. The lowest BCUT2D eigenvalue weighted by atomic mass is 9.83. The van der Waals surface area contributed by atoms with Crippen molar-refractivity contribution in [2.75, 3.05) is 0 Å². The van der Waals surface area contributed by atoms with Crippen molar-refractivity contribution in [3.63, 3.8) is 0 Å². The smallest absolute Gasteiger partial charge is 0.0801 e. The summed E-state index contributed by atoms with van der Waals surface area (Å²) in [5.41, 5.74) is 12.7. The van der Waals surface area contributed by atoms with Crippen LogP contribution >= 0.6 is 0 Å². The normalized spacial score (nSPS) is 11.5. The van der Waals surface area contributed by atoms with E-state index in [1.165, 1.54) is 76.6 Å². The van der Waals surface area contributed by atoms with Crippen molar-refractivity contribution >= 4 is 43.2 Å². The Bertz CT molecular complexity index is 2850. The zero-order valence-corrected chi connectivity index (χ0v) is 28.5. The van der Waals surface area contributed by atoms with E-state index in [0.717, 1.165) is 22.3 Å². The van der Waals surface area contributed by atoms with Crippen LogP contribution in [0.2, 0.25) is 0 Å². The molecule has 0 amide bonds. The van der Waals surface area contributed by atoms with E-state index in [0.29, 0.717) is 0 Å². The highest BCUT2D eigenvalue weighted by molar-refractivity contribution is 6.26. The topological polar surface area (TPSA) is 12.9 Å². The summed E-state index contributed by atoms with van der Waals surface area (Å²) in [5.74, 6) is 0. The first kappa shape index (κ1) is 30.0. The largest absolute Gasteiger partial charge is 0.247 e. The number of hydrogen-bond donors (Lipinski definition) is 0. The molecule has 0 N–H and O–H groups in total. The quantitative estimate of drug-likeness (QED) is 0.132. The number of hydrogen-bond acceptors (Lipinski definition) is 1. The maximum atomic E-state index is 5.59. The van der Waals surface area contributed by atoms with E-state index < -0.39 is 0 Å². The van der Waals surface area contributed by atoms with Gasteiger partial charge in [-0.3, -0.25) is 0 Å². The minimum Gasteiger partial charge on any atom is -0.247 e. The summed E-state index contributed by atoms with van der Waals surface area (Å²) in [6.45, 7) is 0. The highest BCUT2D eigenvalue weighted by atomic mass is 14.7. The van der Waals surface area contributed by atoms with Gasteiger partial charge in [-0.25, -0.2) is 4.98 Å². The molecule has 0 fully saturated rings. The van der Waals surface area contributed by atoms with Gasteiger partial charge in [0.2, 0.25) is 0 Å². The van der Waals surface area contributed by atoms with Gasteiger partial charge in [0.15, 0.2) is 0 Å². The van der Waals surface area contributed by atoms with Crippen LogP contribution in [0.15, 0.2) is 200 Å². The summed E-state index contributed by atoms with van der Waals surface area (Å²) < 4.78 is 0. The van der Waals surface area contributed by atoms with Crippen LogP contribution in [0.5, 0.6) is 0 Å². The molecule has 0 aliphatic heterocycles. The highest BCUT2D eigenvalue weighted by Gasteiger charge is 2.22. The molecule has 0 bridgehead atoms. The van der Waals surface area contributed by atoms with E-state index in [2.05, 4.69) is 200 Å². The Kier molecular flexibility index (Phi) is 7.22. The molecule has 0 aliphatic rings. The molecule has 1 nitrogen and oxygen atoms in total. The molecule has 0 unspecified atom stereocenters. The fourth-order valence-corrected chi connectivity index (χ4v) is 8.07. The first-order valence-electron chi connectivity index (χ1n) is 17.9. The minimum absolute atomic E-state index is 0.965. The van der Waals surface area contributed by atoms with Gasteiger partial charge in [0.25, 0.3) is 0 Å². The summed E-state index contributed by atoms with van der Waals surface area (Å²) in [5, 5.41) is 8.47. The van der Waals surface area contributed by atoms with E-state index in [-0.39, 0.29) is 0 Å². The van der Waals surface area contributed by atoms with E-state index in [1.807, 2.05) is 0 Å². The minimum atomic E-state index is 0.965. The number of pyridine rings is 1. The molecule has 9 aromatic carbocycles. The first-order valence-corrected chi connectivity index (χ1v) is 17.9. The van der Waals surface area contributed by atoms with E-state index in [1.54, 1.807) is 0 Å². The van der Waals surface area contributed by atoms with Crippen LogP contribution in [0.25, 0.3) is 99.0 Å².